The summed E-state index contributed by atoms with van der Waals surface area (Å²) in [6, 6.07) is 48.3. The summed E-state index contributed by atoms with van der Waals surface area (Å²) in [5.41, 5.74) is 0.0852. The molecule has 10 rings (SSSR count). The molecule has 0 aliphatic rings. The maximum Gasteiger partial charge on any atom is 0.343 e. The molecule has 0 atom stereocenters. The number of fused-ring (bicyclic) bond motifs is 6. The van der Waals surface area contributed by atoms with Crippen LogP contribution in [0, 0.1) is 0 Å². The van der Waals surface area contributed by atoms with Crippen LogP contribution >= 0.6 is 0 Å². The molecule has 0 saturated heterocycles. The average Bonchev–Trinajstić information content (AvgIpc) is 0.702. The molecule has 0 heterocycles. The molecule has 0 aliphatic carbocycles. The minimum Gasteiger partial charge on any atom is -0.494 e. The highest BCUT2D eigenvalue weighted by atomic mass is 16.6. The predicted octanol–water partition coefficient (Wildman–Crippen LogP) is 26.6. The molecular weight excluding hydrogens is 1510 g/mol. The number of carbonyl (C=O) groups excluding carboxylic acids is 6. The highest BCUT2D eigenvalue weighted by Gasteiger charge is 2.37. The predicted molar refractivity (Wildman–Crippen MR) is 473 cm³/mol. The van der Waals surface area contributed by atoms with Crippen molar-refractivity contribution in [2.24, 2.45) is 0 Å². The minimum absolute atomic E-state index is 0.0113. The van der Waals surface area contributed by atoms with Gasteiger partial charge in [-0.25, -0.2) is 28.8 Å². The number of unbranched alkanes of at least 4 members (excludes halogenated alkanes) is 24. The molecule has 0 fully saturated rings. The molecule has 0 aromatic heterocycles. The van der Waals surface area contributed by atoms with E-state index in [4.69, 9.17) is 56.8 Å². The van der Waals surface area contributed by atoms with Crippen molar-refractivity contribution in [1.29, 1.82) is 0 Å². The maximum atomic E-state index is 15.9. The van der Waals surface area contributed by atoms with Crippen LogP contribution in [-0.2, 0) is 0 Å². The number of esters is 6. The van der Waals surface area contributed by atoms with Gasteiger partial charge in [0.25, 0.3) is 0 Å². The third-order valence-electron chi connectivity index (χ3n) is 21.0. The Kier molecular flexibility index (Phi) is 37.8. The quantitative estimate of drug-likeness (QED) is 0.0150. The lowest BCUT2D eigenvalue weighted by Crippen LogP contribution is -2.18. The lowest BCUT2D eigenvalue weighted by molar-refractivity contribution is 0.0641. The fourth-order valence-electron chi connectivity index (χ4n) is 14.1. The van der Waals surface area contributed by atoms with E-state index in [1.54, 1.807) is 127 Å². The van der Waals surface area contributed by atoms with E-state index in [0.29, 0.717) is 79.5 Å². The van der Waals surface area contributed by atoms with Crippen LogP contribution in [0.15, 0.2) is 182 Å². The van der Waals surface area contributed by atoms with Crippen molar-refractivity contribution in [2.75, 3.05) is 39.6 Å². The van der Waals surface area contributed by atoms with Gasteiger partial charge in [-0.05, 0) is 212 Å². The van der Waals surface area contributed by atoms with E-state index in [-0.39, 0.29) is 66.1 Å². The monoisotopic (exact) mass is 1630 g/mol. The van der Waals surface area contributed by atoms with Crippen molar-refractivity contribution < 1.29 is 85.6 Å². The SMILES string of the molecule is CCCCCCCOc1ccc(C(=O)Oc2ccc3c4ccccc4c4c(OC(=O)c5ccc(OCCCCCCC)cc5)c(OC(=O)c5ccc(OCCCCCCC)cc5)c(OC(=O)c5ccc(OCCCCCCC)cc5)c(OC(=O)c5ccc(OCCCCCCC)cc5)c4c3c2OC(=O)c2ccc(OCCCCCCC)cc2)cc1. The fourth-order valence-corrected chi connectivity index (χ4v) is 14.1. The first-order valence-electron chi connectivity index (χ1n) is 44.0. The summed E-state index contributed by atoms with van der Waals surface area (Å²) in [7, 11) is 0. The zero-order chi connectivity index (χ0) is 84.5. The van der Waals surface area contributed by atoms with E-state index < -0.39 is 64.6 Å². The van der Waals surface area contributed by atoms with Crippen LogP contribution in [0.25, 0.3) is 32.3 Å². The van der Waals surface area contributed by atoms with Crippen molar-refractivity contribution in [3.8, 4) is 69.0 Å². The minimum atomic E-state index is -1.07. The number of hydrogen-bond donors (Lipinski definition) is 0. The number of carbonyl (C=O) groups is 6. The van der Waals surface area contributed by atoms with Crippen LogP contribution in [0.1, 0.15) is 296 Å². The Labute approximate surface area is 708 Å². The molecular formula is C102H120O18. The zero-order valence-corrected chi connectivity index (χ0v) is 71.1. The Bertz CT molecular complexity index is 4840. The summed E-state index contributed by atoms with van der Waals surface area (Å²) >= 11 is 0. The second-order valence-electron chi connectivity index (χ2n) is 30.5. The summed E-state index contributed by atoms with van der Waals surface area (Å²) < 4.78 is 77.4. The Morgan fingerprint density at radius 1 is 0.192 bits per heavy atom. The molecule has 0 aliphatic heterocycles. The molecule has 10 aromatic rings. The van der Waals surface area contributed by atoms with Crippen molar-refractivity contribution >= 4 is 68.1 Å². The summed E-state index contributed by atoms with van der Waals surface area (Å²) in [5.74, 6) is -6.25. The first-order valence-corrected chi connectivity index (χ1v) is 44.0. The van der Waals surface area contributed by atoms with Crippen molar-refractivity contribution in [1.82, 2.24) is 0 Å². The molecule has 0 radical (unpaired) electrons. The van der Waals surface area contributed by atoms with E-state index in [9.17, 15) is 0 Å². The van der Waals surface area contributed by atoms with Gasteiger partial charge in [0, 0.05) is 16.2 Å². The van der Waals surface area contributed by atoms with Crippen molar-refractivity contribution in [2.45, 2.75) is 234 Å². The molecule has 10 aromatic carbocycles. The fraction of sp³-hybridized carbons (Fsp3) is 0.412. The summed E-state index contributed by atoms with van der Waals surface area (Å²) in [6.45, 7) is 15.6. The lowest BCUT2D eigenvalue weighted by atomic mass is 9.91. The van der Waals surface area contributed by atoms with Crippen LogP contribution in [0.4, 0.5) is 0 Å². The second kappa shape index (κ2) is 49.9. The molecule has 0 unspecified atom stereocenters. The largest absolute Gasteiger partial charge is 0.494 e. The van der Waals surface area contributed by atoms with Gasteiger partial charge >= 0.3 is 35.8 Å². The Balaban J connectivity index is 1.23. The third-order valence-corrected chi connectivity index (χ3v) is 21.0. The number of ether oxygens (including phenoxy) is 12. The van der Waals surface area contributed by atoms with Crippen molar-refractivity contribution in [3.63, 3.8) is 0 Å². The van der Waals surface area contributed by atoms with E-state index in [1.807, 2.05) is 0 Å². The second-order valence-corrected chi connectivity index (χ2v) is 30.5. The highest BCUT2D eigenvalue weighted by Crippen LogP contribution is 2.59. The Hall–Kier alpha value is -11.4. The summed E-state index contributed by atoms with van der Waals surface area (Å²) in [4.78, 5) is 93.6. The van der Waals surface area contributed by atoms with Gasteiger partial charge in [0.15, 0.2) is 23.0 Å². The van der Waals surface area contributed by atoms with E-state index in [0.717, 1.165) is 193 Å². The summed E-state index contributed by atoms with van der Waals surface area (Å²) in [5, 5.41) is 0.575. The Morgan fingerprint density at radius 3 is 0.667 bits per heavy atom. The molecule has 0 amide bonds. The van der Waals surface area contributed by atoms with Crippen molar-refractivity contribution in [3.05, 3.63) is 215 Å². The van der Waals surface area contributed by atoms with Gasteiger partial charge < -0.3 is 56.8 Å². The van der Waals surface area contributed by atoms with Crippen LogP contribution < -0.4 is 56.8 Å². The van der Waals surface area contributed by atoms with Crippen LogP contribution in [0.2, 0.25) is 0 Å². The van der Waals surface area contributed by atoms with E-state index in [2.05, 4.69) is 41.5 Å². The number of hydrogen-bond acceptors (Lipinski definition) is 18. The molecule has 0 saturated carbocycles. The van der Waals surface area contributed by atoms with Gasteiger partial charge in [-0.1, -0.05) is 220 Å². The molecule has 636 valence electrons. The molecule has 0 bridgehead atoms. The van der Waals surface area contributed by atoms with Gasteiger partial charge in [0.05, 0.1) is 73.0 Å². The van der Waals surface area contributed by atoms with Gasteiger partial charge in [0.2, 0.25) is 11.5 Å². The normalized spacial score (nSPS) is 11.2. The average molecular weight is 1630 g/mol. The van der Waals surface area contributed by atoms with Gasteiger partial charge in [-0.15, -0.1) is 0 Å². The number of benzene rings is 10. The smallest absolute Gasteiger partial charge is 0.343 e. The topological polar surface area (TPSA) is 213 Å². The van der Waals surface area contributed by atoms with Crippen LogP contribution in [-0.4, -0.2) is 75.5 Å². The molecule has 120 heavy (non-hydrogen) atoms. The Morgan fingerprint density at radius 2 is 0.400 bits per heavy atom. The zero-order valence-electron chi connectivity index (χ0n) is 71.1. The maximum absolute atomic E-state index is 15.9. The molecule has 18 heteroatoms. The van der Waals surface area contributed by atoms with E-state index >= 15 is 28.8 Å². The first kappa shape index (κ1) is 90.9. The highest BCUT2D eigenvalue weighted by molar-refractivity contribution is 6.32. The molecule has 18 nitrogen and oxygen atoms in total. The van der Waals surface area contributed by atoms with Gasteiger partial charge in [0.1, 0.15) is 34.5 Å². The van der Waals surface area contributed by atoms with Gasteiger partial charge in [-0.2, -0.15) is 0 Å². The number of rotatable bonds is 54. The standard InChI is InChI=1S/C102H120O18/c1-7-13-19-25-33-67-109-79-53-41-73(42-54-79)97(103)115-88-66-65-87-85-39-31-32-40-86(85)90-91(89(87)92(88)116-98(104)74-43-55-80(56-44-74)110-68-34-26-20-14-8-2)94(118-100(106)76-47-59-82(60-48-76)112-70-36-28-22-16-10-4)96(120-102(108)78-51-63-84(64-52-78)114-72-38-30-24-18-12-6)95(119-101(107)77-49-61-83(62-50-77)113-71-37-29-23-17-11-5)93(90)117-99(105)75-45-57-81(58-46-75)111-69-35-27-21-15-9-3/h31-32,39-66H,7-30,33-38,67-72H2,1-6H3. The van der Waals surface area contributed by atoms with Gasteiger partial charge in [-0.3, -0.25) is 0 Å². The lowest BCUT2D eigenvalue weighted by Gasteiger charge is -2.24. The third kappa shape index (κ3) is 27.3. The molecule has 0 spiro atoms. The molecule has 0 N–H and O–H groups in total. The van der Waals surface area contributed by atoms with Crippen LogP contribution in [0.3, 0.4) is 0 Å². The van der Waals surface area contributed by atoms with E-state index in [1.165, 1.54) is 54.6 Å². The first-order chi connectivity index (χ1) is 58.8. The summed E-state index contributed by atoms with van der Waals surface area (Å²) in [6.07, 6.45) is 30.7. The van der Waals surface area contributed by atoms with Crippen LogP contribution in [0.5, 0.6) is 69.0 Å².